The Morgan fingerprint density at radius 1 is 1.35 bits per heavy atom. The van der Waals surface area contributed by atoms with Gasteiger partial charge in [-0.05, 0) is 43.7 Å². The molecule has 7 heteroatoms. The predicted molar refractivity (Wildman–Crippen MR) is 98.6 cm³/mol. The largest absolute Gasteiger partial charge is 0.469 e. The number of ketones is 1. The van der Waals surface area contributed by atoms with Crippen molar-refractivity contribution in [3.8, 4) is 0 Å². The quantitative estimate of drug-likeness (QED) is 0.555. The Balaban J connectivity index is 2.42. The van der Waals surface area contributed by atoms with Crippen molar-refractivity contribution in [2.24, 2.45) is 5.92 Å². The van der Waals surface area contributed by atoms with E-state index in [1.54, 1.807) is 48.6 Å². The van der Waals surface area contributed by atoms with Crippen molar-refractivity contribution < 1.29 is 19.2 Å². The van der Waals surface area contributed by atoms with Crippen LogP contribution >= 0.6 is 11.6 Å². The first-order valence-electron chi connectivity index (χ1n) is 8.04. The van der Waals surface area contributed by atoms with Gasteiger partial charge in [-0.25, -0.2) is 0 Å². The molecule has 0 aliphatic heterocycles. The third-order valence-electron chi connectivity index (χ3n) is 3.96. The number of allylic oxidation sites excluding steroid dienone is 1. The molecule has 0 unspecified atom stereocenters. The minimum absolute atomic E-state index is 0.324. The number of benzene rings is 1. The molecule has 0 radical (unpaired) electrons. The Hall–Kier alpha value is -2.44. The lowest BCUT2D eigenvalue weighted by Gasteiger charge is -2.25. The minimum Gasteiger partial charge on any atom is -0.469 e. The summed E-state index contributed by atoms with van der Waals surface area (Å²) in [6.07, 6.45) is 4.65. The molecule has 2 atom stereocenters. The van der Waals surface area contributed by atoms with Crippen LogP contribution in [0.25, 0.3) is 6.08 Å². The lowest BCUT2D eigenvalue weighted by molar-refractivity contribution is -0.484. The first-order chi connectivity index (χ1) is 12.2. The molecule has 6 nitrogen and oxygen atoms in total. The number of carbonyl (C=O) groups is 1. The normalized spacial score (nSPS) is 14.3. The molecule has 2 aromatic rings. The average Bonchev–Trinajstić information content (AvgIpc) is 3.08. The third-order valence-corrected chi connectivity index (χ3v) is 4.21. The number of aliphatic hydroxyl groups is 1. The zero-order valence-electron chi connectivity index (χ0n) is 14.5. The van der Waals surface area contributed by atoms with E-state index in [9.17, 15) is 20.0 Å². The zero-order chi connectivity index (χ0) is 19.3. The smallest absolute Gasteiger partial charge is 0.214 e. The Bertz CT molecular complexity index is 775. The second-order valence-corrected chi connectivity index (χ2v) is 6.93. The topological polar surface area (TPSA) is 93.6 Å². The summed E-state index contributed by atoms with van der Waals surface area (Å²) in [6.45, 7) is 2.23. The van der Waals surface area contributed by atoms with Gasteiger partial charge in [-0.3, -0.25) is 14.9 Å². The van der Waals surface area contributed by atoms with Crippen molar-refractivity contribution in [1.29, 1.82) is 0 Å². The summed E-state index contributed by atoms with van der Waals surface area (Å²) in [5, 5.41) is 21.9. The van der Waals surface area contributed by atoms with Gasteiger partial charge in [-0.1, -0.05) is 35.9 Å². The number of hydrogen-bond acceptors (Lipinski definition) is 5. The van der Waals surface area contributed by atoms with Gasteiger partial charge in [0.15, 0.2) is 5.78 Å². The SMILES string of the molecule is CC(C)(O)C(=O)[C@H](/C=C/c1ccc(Cl)cc1)[C@H](C[N+](=O)[O-])c1ccco1. The second-order valence-electron chi connectivity index (χ2n) is 6.50. The molecule has 2 rings (SSSR count). The maximum Gasteiger partial charge on any atom is 0.214 e. The average molecular weight is 378 g/mol. The van der Waals surface area contributed by atoms with E-state index in [-0.39, 0.29) is 0 Å². The van der Waals surface area contributed by atoms with Crippen molar-refractivity contribution in [2.45, 2.75) is 25.4 Å². The van der Waals surface area contributed by atoms with Crippen molar-refractivity contribution in [2.75, 3.05) is 6.54 Å². The van der Waals surface area contributed by atoms with Crippen LogP contribution in [0, 0.1) is 16.0 Å². The Morgan fingerprint density at radius 3 is 2.50 bits per heavy atom. The van der Waals surface area contributed by atoms with Gasteiger partial charge in [0.05, 0.1) is 18.1 Å². The number of nitro groups is 1. The molecule has 0 aliphatic rings. The monoisotopic (exact) mass is 377 g/mol. The maximum absolute atomic E-state index is 12.8. The van der Waals surface area contributed by atoms with Gasteiger partial charge < -0.3 is 9.52 Å². The first-order valence-corrected chi connectivity index (χ1v) is 8.42. The molecule has 0 bridgehead atoms. The van der Waals surface area contributed by atoms with Gasteiger partial charge in [0, 0.05) is 9.95 Å². The van der Waals surface area contributed by atoms with E-state index in [4.69, 9.17) is 16.0 Å². The van der Waals surface area contributed by atoms with Crippen LogP contribution < -0.4 is 0 Å². The van der Waals surface area contributed by atoms with E-state index in [0.29, 0.717) is 10.8 Å². The fourth-order valence-electron chi connectivity index (χ4n) is 2.64. The maximum atomic E-state index is 12.8. The van der Waals surface area contributed by atoms with Gasteiger partial charge >= 0.3 is 0 Å². The lowest BCUT2D eigenvalue weighted by atomic mass is 9.80. The van der Waals surface area contributed by atoms with Crippen molar-refractivity contribution in [1.82, 2.24) is 0 Å². The molecule has 0 amide bonds. The van der Waals surface area contributed by atoms with Crippen LogP contribution in [0.3, 0.4) is 0 Å². The number of carbonyl (C=O) groups excluding carboxylic acids is 1. The van der Waals surface area contributed by atoms with Crippen LogP contribution in [-0.2, 0) is 4.79 Å². The summed E-state index contributed by atoms with van der Waals surface area (Å²) in [5.74, 6) is -1.96. The van der Waals surface area contributed by atoms with Gasteiger partial charge in [-0.15, -0.1) is 0 Å². The highest BCUT2D eigenvalue weighted by atomic mass is 35.5. The summed E-state index contributed by atoms with van der Waals surface area (Å²) in [6, 6.07) is 10.1. The van der Waals surface area contributed by atoms with Gasteiger partial charge in [0.25, 0.3) is 0 Å². The van der Waals surface area contributed by atoms with E-state index < -0.39 is 34.7 Å². The van der Waals surface area contributed by atoms with E-state index in [1.165, 1.54) is 20.1 Å². The third kappa shape index (κ3) is 5.28. The van der Waals surface area contributed by atoms with Crippen LogP contribution in [0.1, 0.15) is 31.1 Å². The van der Waals surface area contributed by atoms with Gasteiger partial charge in [0.2, 0.25) is 6.54 Å². The van der Waals surface area contributed by atoms with Crippen LogP contribution in [0.5, 0.6) is 0 Å². The highest BCUT2D eigenvalue weighted by Gasteiger charge is 2.39. The van der Waals surface area contributed by atoms with Crippen LogP contribution in [-0.4, -0.2) is 28.0 Å². The molecule has 0 spiro atoms. The number of furan rings is 1. The van der Waals surface area contributed by atoms with Crippen LogP contribution in [0.4, 0.5) is 0 Å². The fourth-order valence-corrected chi connectivity index (χ4v) is 2.77. The summed E-state index contributed by atoms with van der Waals surface area (Å²) < 4.78 is 5.32. The molecule has 0 saturated heterocycles. The van der Waals surface area contributed by atoms with E-state index in [1.807, 2.05) is 0 Å². The molecule has 26 heavy (non-hydrogen) atoms. The molecule has 1 aromatic carbocycles. The van der Waals surface area contributed by atoms with Gasteiger partial charge in [-0.2, -0.15) is 0 Å². The zero-order valence-corrected chi connectivity index (χ0v) is 15.2. The predicted octanol–water partition coefficient (Wildman–Crippen LogP) is 3.96. The lowest BCUT2D eigenvalue weighted by Crippen LogP contribution is -2.40. The Labute approximate surface area is 156 Å². The Kier molecular flexibility index (Phi) is 6.34. The molecule has 0 aliphatic carbocycles. The molecule has 1 N–H and O–H groups in total. The van der Waals surface area contributed by atoms with Crippen LogP contribution in [0.15, 0.2) is 53.2 Å². The number of hydrogen-bond donors (Lipinski definition) is 1. The standard InChI is InChI=1S/C19H20ClNO5/c1-19(2,23)18(22)15(10-7-13-5-8-14(20)9-6-13)16(12-21(24)25)17-4-3-11-26-17/h3-11,15-16,23H,12H2,1-2H3/b10-7+/t15-,16+/m1/s1. The molecular weight excluding hydrogens is 358 g/mol. The second kappa shape index (κ2) is 8.29. The van der Waals surface area contributed by atoms with Gasteiger partial charge in [0.1, 0.15) is 11.4 Å². The molecule has 0 saturated carbocycles. The minimum atomic E-state index is -1.64. The summed E-state index contributed by atoms with van der Waals surface area (Å²) in [4.78, 5) is 23.4. The summed E-state index contributed by atoms with van der Waals surface area (Å²) >= 11 is 5.86. The fraction of sp³-hybridized carbons (Fsp3) is 0.316. The molecule has 1 heterocycles. The van der Waals surface area contributed by atoms with E-state index in [0.717, 1.165) is 5.56 Å². The van der Waals surface area contributed by atoms with E-state index in [2.05, 4.69) is 0 Å². The van der Waals surface area contributed by atoms with E-state index >= 15 is 0 Å². The number of nitrogens with zero attached hydrogens (tertiary/aromatic N) is 1. The first kappa shape index (κ1) is 19.9. The number of rotatable bonds is 8. The van der Waals surface area contributed by atoms with Crippen molar-refractivity contribution >= 4 is 23.5 Å². The molecule has 138 valence electrons. The highest BCUT2D eigenvalue weighted by Crippen LogP contribution is 2.31. The van der Waals surface area contributed by atoms with Crippen molar-refractivity contribution in [3.63, 3.8) is 0 Å². The molecule has 1 aromatic heterocycles. The van der Waals surface area contributed by atoms with Crippen molar-refractivity contribution in [3.05, 3.63) is 75.2 Å². The molecule has 0 fully saturated rings. The number of halogens is 1. The van der Waals surface area contributed by atoms with Crippen LogP contribution in [0.2, 0.25) is 5.02 Å². The highest BCUT2D eigenvalue weighted by molar-refractivity contribution is 6.30. The summed E-state index contributed by atoms with van der Waals surface area (Å²) in [5.41, 5.74) is -0.863. The number of Topliss-reactive ketones (excluding diaryl/α,β-unsaturated/α-hetero) is 1. The summed E-state index contributed by atoms with van der Waals surface area (Å²) in [7, 11) is 0. The Morgan fingerprint density at radius 2 is 2.00 bits per heavy atom. The molecular formula is C19H20ClNO5.